The third-order valence-corrected chi connectivity index (χ3v) is 6.23. The van der Waals surface area contributed by atoms with Crippen molar-refractivity contribution < 1.29 is 4.74 Å². The highest BCUT2D eigenvalue weighted by molar-refractivity contribution is 5.67. The van der Waals surface area contributed by atoms with E-state index in [0.717, 1.165) is 31.6 Å². The maximum atomic E-state index is 6.27. The minimum atomic E-state index is 0.317. The largest absolute Gasteiger partial charge is 0.491 e. The van der Waals surface area contributed by atoms with E-state index in [1.165, 1.54) is 22.4 Å². The van der Waals surface area contributed by atoms with Gasteiger partial charge in [-0.05, 0) is 47.9 Å². The highest BCUT2D eigenvalue weighted by Crippen LogP contribution is 2.52. The monoisotopic (exact) mass is 381 g/mol. The highest BCUT2D eigenvalue weighted by Gasteiger charge is 2.38. The van der Waals surface area contributed by atoms with Gasteiger partial charge in [-0.3, -0.25) is 0 Å². The number of rotatable bonds is 6. The van der Waals surface area contributed by atoms with Gasteiger partial charge < -0.3 is 10.1 Å². The fourth-order valence-electron chi connectivity index (χ4n) is 4.81. The minimum absolute atomic E-state index is 0.317. The van der Waals surface area contributed by atoms with Crippen LogP contribution in [0, 0.1) is 5.92 Å². The van der Waals surface area contributed by atoms with Crippen molar-refractivity contribution in [1.82, 2.24) is 0 Å². The summed E-state index contributed by atoms with van der Waals surface area (Å²) in [6.07, 6.45) is 7.92. The Hall–Kier alpha value is -3.00. The normalized spacial score (nSPS) is 21.9. The predicted molar refractivity (Wildman–Crippen MR) is 119 cm³/mol. The zero-order chi connectivity index (χ0) is 19.5. The van der Waals surface area contributed by atoms with E-state index in [-0.39, 0.29) is 0 Å². The van der Waals surface area contributed by atoms with E-state index in [2.05, 4.69) is 96.3 Å². The van der Waals surface area contributed by atoms with Crippen LogP contribution >= 0.6 is 0 Å². The molecule has 29 heavy (non-hydrogen) atoms. The van der Waals surface area contributed by atoms with Crippen molar-refractivity contribution in [3.8, 4) is 5.75 Å². The number of ether oxygens (including phenoxy) is 1. The Morgan fingerprint density at radius 2 is 1.66 bits per heavy atom. The van der Waals surface area contributed by atoms with Crippen LogP contribution in [0.4, 0.5) is 5.69 Å². The van der Waals surface area contributed by atoms with Gasteiger partial charge in [0.25, 0.3) is 0 Å². The van der Waals surface area contributed by atoms with E-state index in [4.69, 9.17) is 4.74 Å². The SMILES string of the molecule is C1=CC2c3cccc(OCCCc4ccccc4)c3NC(c3ccccc3)C2C1. The zero-order valence-electron chi connectivity index (χ0n) is 16.6. The van der Waals surface area contributed by atoms with Gasteiger partial charge >= 0.3 is 0 Å². The summed E-state index contributed by atoms with van der Waals surface area (Å²) in [6, 6.07) is 28.3. The number of benzene rings is 3. The summed E-state index contributed by atoms with van der Waals surface area (Å²) in [5.74, 6) is 2.01. The minimum Gasteiger partial charge on any atom is -0.491 e. The molecule has 146 valence electrons. The van der Waals surface area contributed by atoms with E-state index in [0.29, 0.717) is 17.9 Å². The maximum Gasteiger partial charge on any atom is 0.142 e. The summed E-state index contributed by atoms with van der Waals surface area (Å²) in [6.45, 7) is 0.729. The van der Waals surface area contributed by atoms with E-state index in [1.807, 2.05) is 0 Å². The van der Waals surface area contributed by atoms with E-state index < -0.39 is 0 Å². The summed E-state index contributed by atoms with van der Waals surface area (Å²) in [5.41, 5.74) is 5.27. The molecule has 3 aromatic carbocycles. The summed E-state index contributed by atoms with van der Waals surface area (Å²) in [5, 5.41) is 3.85. The molecule has 2 nitrogen and oxygen atoms in total. The molecule has 1 N–H and O–H groups in total. The first-order chi connectivity index (χ1) is 14.4. The second-order valence-corrected chi connectivity index (χ2v) is 8.04. The summed E-state index contributed by atoms with van der Waals surface area (Å²) < 4.78 is 6.27. The molecular weight excluding hydrogens is 354 g/mol. The van der Waals surface area contributed by atoms with Gasteiger partial charge in [0.15, 0.2) is 0 Å². The Labute approximate surface area is 173 Å². The summed E-state index contributed by atoms with van der Waals surface area (Å²) >= 11 is 0. The van der Waals surface area contributed by atoms with Crippen molar-refractivity contribution in [2.45, 2.75) is 31.2 Å². The van der Waals surface area contributed by atoms with Crippen molar-refractivity contribution in [3.63, 3.8) is 0 Å². The molecule has 0 bridgehead atoms. The Kier molecular flexibility index (Phi) is 5.08. The highest BCUT2D eigenvalue weighted by atomic mass is 16.5. The zero-order valence-corrected chi connectivity index (χ0v) is 16.6. The molecule has 3 unspecified atom stereocenters. The van der Waals surface area contributed by atoms with Crippen LogP contribution in [0.1, 0.15) is 41.5 Å². The molecule has 5 rings (SSSR count). The predicted octanol–water partition coefficient (Wildman–Crippen LogP) is 6.52. The lowest BCUT2D eigenvalue weighted by Crippen LogP contribution is -2.29. The Bertz CT molecular complexity index is 980. The van der Waals surface area contributed by atoms with Gasteiger partial charge in [-0.25, -0.2) is 0 Å². The molecule has 1 heterocycles. The fraction of sp³-hybridized carbons (Fsp3) is 0.259. The maximum absolute atomic E-state index is 6.27. The standard InChI is InChI=1S/C27H27NO/c1-3-10-20(11-4-1)12-9-19-29-25-18-8-17-24-22-15-7-16-23(22)26(28-27(24)25)21-13-5-2-6-14-21/h1-8,10-11,13-15,17-18,22-23,26,28H,9,12,16,19H2. The van der Waals surface area contributed by atoms with Gasteiger partial charge in [-0.15, -0.1) is 0 Å². The lowest BCUT2D eigenvalue weighted by Gasteiger charge is -2.38. The van der Waals surface area contributed by atoms with Crippen LogP contribution in [-0.2, 0) is 6.42 Å². The third kappa shape index (κ3) is 3.67. The second kappa shape index (κ2) is 8.16. The number of nitrogens with one attached hydrogen (secondary N) is 1. The molecule has 0 spiro atoms. The van der Waals surface area contributed by atoms with Crippen LogP contribution in [0.15, 0.2) is 91.0 Å². The molecule has 0 aromatic heterocycles. The van der Waals surface area contributed by atoms with Crippen LogP contribution in [0.2, 0.25) is 0 Å². The first kappa shape index (κ1) is 18.1. The van der Waals surface area contributed by atoms with E-state index in [1.54, 1.807) is 0 Å². The molecule has 1 aliphatic heterocycles. The number of hydrogen-bond donors (Lipinski definition) is 1. The molecule has 0 saturated carbocycles. The first-order valence-corrected chi connectivity index (χ1v) is 10.7. The smallest absolute Gasteiger partial charge is 0.142 e. The fourth-order valence-corrected chi connectivity index (χ4v) is 4.81. The second-order valence-electron chi connectivity index (χ2n) is 8.04. The average molecular weight is 382 g/mol. The average Bonchev–Trinajstić information content (AvgIpc) is 3.28. The van der Waals surface area contributed by atoms with Crippen LogP contribution in [-0.4, -0.2) is 6.61 Å². The van der Waals surface area contributed by atoms with Gasteiger partial charge in [0.1, 0.15) is 5.75 Å². The quantitative estimate of drug-likeness (QED) is 0.387. The van der Waals surface area contributed by atoms with Gasteiger partial charge in [0.2, 0.25) is 0 Å². The van der Waals surface area contributed by atoms with Gasteiger partial charge in [0.05, 0.1) is 18.3 Å². The molecule has 0 fully saturated rings. The number of fused-ring (bicyclic) bond motifs is 3. The molecule has 0 radical (unpaired) electrons. The molecule has 0 amide bonds. The van der Waals surface area contributed by atoms with Gasteiger partial charge in [0, 0.05) is 5.92 Å². The number of para-hydroxylation sites is 1. The van der Waals surface area contributed by atoms with Crippen molar-refractivity contribution >= 4 is 5.69 Å². The third-order valence-electron chi connectivity index (χ3n) is 6.23. The van der Waals surface area contributed by atoms with Gasteiger partial charge in [-0.2, -0.15) is 0 Å². The lowest BCUT2D eigenvalue weighted by atomic mass is 9.77. The lowest BCUT2D eigenvalue weighted by molar-refractivity contribution is 0.309. The van der Waals surface area contributed by atoms with Crippen LogP contribution < -0.4 is 10.1 Å². The Morgan fingerprint density at radius 1 is 0.862 bits per heavy atom. The van der Waals surface area contributed by atoms with Crippen molar-refractivity contribution in [3.05, 3.63) is 108 Å². The Morgan fingerprint density at radius 3 is 2.48 bits per heavy atom. The first-order valence-electron chi connectivity index (χ1n) is 10.7. The Balaban J connectivity index is 1.35. The van der Waals surface area contributed by atoms with Crippen LogP contribution in [0.25, 0.3) is 0 Å². The van der Waals surface area contributed by atoms with Crippen molar-refractivity contribution in [2.24, 2.45) is 5.92 Å². The number of anilines is 1. The van der Waals surface area contributed by atoms with Crippen LogP contribution in [0.3, 0.4) is 0 Å². The van der Waals surface area contributed by atoms with Gasteiger partial charge in [-0.1, -0.05) is 84.9 Å². The molecule has 1 aliphatic carbocycles. The van der Waals surface area contributed by atoms with Crippen LogP contribution in [0.5, 0.6) is 5.75 Å². The van der Waals surface area contributed by atoms with Crippen molar-refractivity contribution in [2.75, 3.05) is 11.9 Å². The molecule has 2 aliphatic rings. The molecule has 3 aromatic rings. The number of allylic oxidation sites excluding steroid dienone is 2. The molecule has 2 heteroatoms. The number of hydrogen-bond acceptors (Lipinski definition) is 2. The van der Waals surface area contributed by atoms with E-state index >= 15 is 0 Å². The molecular formula is C27H27NO. The summed E-state index contributed by atoms with van der Waals surface area (Å²) in [7, 11) is 0. The van der Waals surface area contributed by atoms with Crippen molar-refractivity contribution in [1.29, 1.82) is 0 Å². The molecule has 3 atom stereocenters. The topological polar surface area (TPSA) is 21.3 Å². The number of aryl methyl sites for hydroxylation is 1. The van der Waals surface area contributed by atoms with E-state index in [9.17, 15) is 0 Å². The summed E-state index contributed by atoms with van der Waals surface area (Å²) in [4.78, 5) is 0. The molecule has 0 saturated heterocycles.